The van der Waals surface area contributed by atoms with Crippen molar-refractivity contribution in [2.45, 2.75) is 13.5 Å². The summed E-state index contributed by atoms with van der Waals surface area (Å²) < 4.78 is 0. The number of amides is 1. The number of hydrogen-bond donors (Lipinski definition) is 2. The molecule has 3 aromatic rings. The number of nitrogens with one attached hydrogen (secondary N) is 1. The maximum Gasteiger partial charge on any atom is 0.248 e. The Hall–Kier alpha value is -3.17. The Kier molecular flexibility index (Phi) is 5.62. The normalized spacial score (nSPS) is 10.8. The van der Waals surface area contributed by atoms with Crippen LogP contribution in [0.1, 0.15) is 16.7 Å². The summed E-state index contributed by atoms with van der Waals surface area (Å²) >= 11 is 0. The first-order chi connectivity index (χ1) is 12.6. The number of benzene rings is 3. The number of anilines is 1. The van der Waals surface area contributed by atoms with E-state index in [2.05, 4.69) is 48.6 Å². The van der Waals surface area contributed by atoms with E-state index in [9.17, 15) is 4.79 Å². The van der Waals surface area contributed by atoms with E-state index in [1.807, 2.05) is 12.1 Å². The minimum absolute atomic E-state index is 0.00848. The number of hydrogen-bond acceptors (Lipinski definition) is 2. The average Bonchev–Trinajstić information content (AvgIpc) is 2.68. The zero-order chi connectivity index (χ0) is 18.4. The number of aliphatic hydroxyl groups is 1. The molecule has 0 radical (unpaired) electrons. The van der Waals surface area contributed by atoms with E-state index in [4.69, 9.17) is 5.11 Å². The first kappa shape index (κ1) is 17.6. The van der Waals surface area contributed by atoms with Crippen molar-refractivity contribution in [3.63, 3.8) is 0 Å². The van der Waals surface area contributed by atoms with E-state index in [-0.39, 0.29) is 12.5 Å². The van der Waals surface area contributed by atoms with Crippen LogP contribution in [0.3, 0.4) is 0 Å². The molecule has 2 N–H and O–H groups in total. The molecular weight excluding hydrogens is 322 g/mol. The highest BCUT2D eigenvalue weighted by molar-refractivity contribution is 6.02. The van der Waals surface area contributed by atoms with Crippen molar-refractivity contribution in [1.29, 1.82) is 0 Å². The van der Waals surface area contributed by atoms with Crippen molar-refractivity contribution in [3.05, 3.63) is 95.6 Å². The topological polar surface area (TPSA) is 49.3 Å². The van der Waals surface area contributed by atoms with Gasteiger partial charge >= 0.3 is 0 Å². The van der Waals surface area contributed by atoms with Crippen LogP contribution in [0, 0.1) is 6.92 Å². The van der Waals surface area contributed by atoms with Crippen molar-refractivity contribution in [1.82, 2.24) is 0 Å². The molecule has 0 aliphatic carbocycles. The van der Waals surface area contributed by atoms with Crippen LogP contribution in [-0.4, -0.2) is 11.0 Å². The Balaban J connectivity index is 1.68. The molecule has 0 fully saturated rings. The largest absolute Gasteiger partial charge is 0.392 e. The Morgan fingerprint density at radius 1 is 0.962 bits per heavy atom. The van der Waals surface area contributed by atoms with Crippen LogP contribution >= 0.6 is 0 Å². The van der Waals surface area contributed by atoms with Gasteiger partial charge in [0.25, 0.3) is 0 Å². The Labute approximate surface area is 153 Å². The van der Waals surface area contributed by atoms with Crippen molar-refractivity contribution in [2.24, 2.45) is 0 Å². The smallest absolute Gasteiger partial charge is 0.248 e. The maximum absolute atomic E-state index is 12.1. The van der Waals surface area contributed by atoms with E-state index >= 15 is 0 Å². The lowest BCUT2D eigenvalue weighted by atomic mass is 10.0. The van der Waals surface area contributed by atoms with Gasteiger partial charge in [0.2, 0.25) is 5.91 Å². The minimum Gasteiger partial charge on any atom is -0.392 e. The molecule has 0 saturated heterocycles. The van der Waals surface area contributed by atoms with E-state index in [1.54, 1.807) is 30.3 Å². The third-order valence-corrected chi connectivity index (χ3v) is 4.10. The van der Waals surface area contributed by atoms with E-state index in [1.165, 1.54) is 11.6 Å². The first-order valence-electron chi connectivity index (χ1n) is 8.50. The molecule has 1 amide bonds. The molecule has 3 aromatic carbocycles. The molecule has 0 saturated carbocycles. The fraction of sp³-hybridized carbons (Fsp3) is 0.0870. The van der Waals surface area contributed by atoms with Crippen LogP contribution in [0.15, 0.2) is 78.9 Å². The first-order valence-corrected chi connectivity index (χ1v) is 8.50. The molecule has 0 aromatic heterocycles. The van der Waals surface area contributed by atoms with Crippen LogP contribution in [0.5, 0.6) is 0 Å². The molecule has 0 unspecified atom stereocenters. The van der Waals surface area contributed by atoms with Crippen molar-refractivity contribution in [3.8, 4) is 11.1 Å². The highest BCUT2D eigenvalue weighted by Gasteiger charge is 2.00. The fourth-order valence-corrected chi connectivity index (χ4v) is 2.62. The summed E-state index contributed by atoms with van der Waals surface area (Å²) in [6.07, 6.45) is 3.32. The number of carbonyl (C=O) groups excluding carboxylic acids is 1. The molecule has 0 bridgehead atoms. The summed E-state index contributed by atoms with van der Waals surface area (Å²) in [5.41, 5.74) is 5.98. The number of aliphatic hydroxyl groups excluding tert-OH is 1. The Morgan fingerprint density at radius 3 is 2.38 bits per heavy atom. The van der Waals surface area contributed by atoms with Crippen LogP contribution < -0.4 is 5.32 Å². The highest BCUT2D eigenvalue weighted by Crippen LogP contribution is 2.21. The third-order valence-electron chi connectivity index (χ3n) is 4.10. The molecule has 0 aliphatic heterocycles. The van der Waals surface area contributed by atoms with Gasteiger partial charge in [-0.25, -0.2) is 0 Å². The van der Waals surface area contributed by atoms with Gasteiger partial charge in [-0.1, -0.05) is 60.2 Å². The monoisotopic (exact) mass is 343 g/mol. The minimum atomic E-state index is -0.192. The second kappa shape index (κ2) is 8.28. The lowest BCUT2D eigenvalue weighted by Crippen LogP contribution is -2.07. The quantitative estimate of drug-likeness (QED) is 0.653. The summed E-state index contributed by atoms with van der Waals surface area (Å²) in [5.74, 6) is -0.192. The molecular formula is C23H21NO2. The molecule has 0 heterocycles. The van der Waals surface area contributed by atoms with Gasteiger partial charge in [-0.3, -0.25) is 4.79 Å². The summed E-state index contributed by atoms with van der Waals surface area (Å²) in [4.78, 5) is 12.1. The highest BCUT2D eigenvalue weighted by atomic mass is 16.3. The molecule has 0 aliphatic rings. The molecule has 3 heteroatoms. The van der Waals surface area contributed by atoms with Crippen molar-refractivity contribution in [2.75, 3.05) is 5.32 Å². The zero-order valence-corrected chi connectivity index (χ0v) is 14.6. The van der Waals surface area contributed by atoms with Crippen LogP contribution in [-0.2, 0) is 11.4 Å². The lowest BCUT2D eigenvalue weighted by molar-refractivity contribution is -0.111. The SMILES string of the molecule is Cc1ccc(-c2cccc(C=CC(=O)Nc3ccc(CO)cc3)c2)cc1. The average molecular weight is 343 g/mol. The van der Waals surface area contributed by atoms with Crippen molar-refractivity contribution >= 4 is 17.7 Å². The van der Waals surface area contributed by atoms with Gasteiger partial charge in [-0.15, -0.1) is 0 Å². The summed E-state index contributed by atoms with van der Waals surface area (Å²) in [7, 11) is 0. The van der Waals surface area contributed by atoms with Crippen LogP contribution in [0.4, 0.5) is 5.69 Å². The number of aryl methyl sites for hydroxylation is 1. The van der Waals surface area contributed by atoms with Gasteiger partial charge < -0.3 is 10.4 Å². The predicted molar refractivity (Wildman–Crippen MR) is 107 cm³/mol. The van der Waals surface area contributed by atoms with E-state index in [0.717, 1.165) is 22.3 Å². The van der Waals surface area contributed by atoms with E-state index in [0.29, 0.717) is 5.69 Å². The molecule has 3 nitrogen and oxygen atoms in total. The second-order valence-corrected chi connectivity index (χ2v) is 6.17. The van der Waals surface area contributed by atoms with Crippen LogP contribution in [0.25, 0.3) is 17.2 Å². The zero-order valence-electron chi connectivity index (χ0n) is 14.6. The summed E-state index contributed by atoms with van der Waals surface area (Å²) in [5, 5.41) is 11.8. The van der Waals surface area contributed by atoms with E-state index < -0.39 is 0 Å². The standard InChI is InChI=1S/C23H21NO2/c1-17-5-10-20(11-6-17)21-4-2-3-18(15-21)9-14-23(26)24-22-12-7-19(16-25)8-13-22/h2-15,25H,16H2,1H3,(H,24,26). The van der Waals surface area contributed by atoms with Gasteiger partial charge in [-0.05, 0) is 53.5 Å². The summed E-state index contributed by atoms with van der Waals surface area (Å²) in [6.45, 7) is 2.06. The fourth-order valence-electron chi connectivity index (χ4n) is 2.62. The third kappa shape index (κ3) is 4.68. The molecule has 130 valence electrons. The van der Waals surface area contributed by atoms with Gasteiger partial charge in [0.05, 0.1) is 6.61 Å². The Morgan fingerprint density at radius 2 is 1.69 bits per heavy atom. The van der Waals surface area contributed by atoms with Gasteiger partial charge in [0.15, 0.2) is 0 Å². The summed E-state index contributed by atoms with van der Waals surface area (Å²) in [6, 6.07) is 23.6. The molecule has 26 heavy (non-hydrogen) atoms. The van der Waals surface area contributed by atoms with Gasteiger partial charge in [-0.2, -0.15) is 0 Å². The predicted octanol–water partition coefficient (Wildman–Crippen LogP) is 4.81. The molecule has 3 rings (SSSR count). The van der Waals surface area contributed by atoms with Crippen molar-refractivity contribution < 1.29 is 9.90 Å². The lowest BCUT2D eigenvalue weighted by Gasteiger charge is -2.04. The Bertz CT molecular complexity index is 910. The molecule has 0 atom stereocenters. The number of rotatable bonds is 5. The maximum atomic E-state index is 12.1. The second-order valence-electron chi connectivity index (χ2n) is 6.17. The van der Waals surface area contributed by atoms with Gasteiger partial charge in [0.1, 0.15) is 0 Å². The number of carbonyl (C=O) groups is 1. The van der Waals surface area contributed by atoms with Gasteiger partial charge in [0, 0.05) is 11.8 Å². The molecule has 0 spiro atoms. The van der Waals surface area contributed by atoms with Crippen LogP contribution in [0.2, 0.25) is 0 Å².